The molecule has 97 heavy (non-hydrogen) atoms. The van der Waals surface area contributed by atoms with Crippen LogP contribution < -0.4 is 53.2 Å². The van der Waals surface area contributed by atoms with E-state index in [-0.39, 0.29) is 35.1 Å². The lowest BCUT2D eigenvalue weighted by Gasteiger charge is -2.39. The number of allylic oxidation sites excluding steroid dienone is 1. The molecule has 5 aromatic heterocycles. The van der Waals surface area contributed by atoms with E-state index in [1.807, 2.05) is 36.9 Å². The molecule has 27 heteroatoms. The van der Waals surface area contributed by atoms with Crippen LogP contribution >= 0.6 is 0 Å². The van der Waals surface area contributed by atoms with Gasteiger partial charge >= 0.3 is 6.09 Å². The number of rotatable bonds is 9. The van der Waals surface area contributed by atoms with E-state index in [1.54, 1.807) is 30.5 Å². The summed E-state index contributed by atoms with van der Waals surface area (Å²) in [5.41, 5.74) is 39.8. The molecule has 14 heterocycles. The van der Waals surface area contributed by atoms with Crippen LogP contribution in [0.1, 0.15) is 75.3 Å². The Morgan fingerprint density at radius 3 is 1.43 bits per heavy atom. The fourth-order valence-corrected chi connectivity index (χ4v) is 15.1. The number of carbonyl (C=O) groups is 2. The van der Waals surface area contributed by atoms with Crippen molar-refractivity contribution in [2.45, 2.75) is 89.7 Å². The standard InChI is InChI=1S/C16H26FN5.C16H23FN4.C14H20N4O2.C13H18N4O.C11H15FN4/c1-20-6-8-21(9-7-20)12-13-2-4-22(5-3-13)16-14(17)10-19-11-15(16)18;1-12-3-2-6-21(12)11-13-4-7-20(8-5-13)16-14(17)9-19-10-15(16)18;1-10-7-16-8-11(15)12(10)18-5-3-14(4-6-18)9-17(2)13(19)20-14;1-9-5-15-6-11(14)13(9)16-7-10-3-2-4-17(10)12(18)8-16;1-8-7-16(4-3-15(8)2)11-9(12)5-14-6-10(11)13/h10-11,13H,2-9,12,18H2,1H3;9-10,13H,1-8,11,18H2;7-8H,3-6,9,15H2,1-2H3;5-6,10H,2-4,7-8,14H2,1H3;5-6H,1,3-4,7,13H2,2H3. The van der Waals surface area contributed by atoms with Crippen molar-refractivity contribution in [2.24, 2.45) is 11.8 Å². The molecule has 5 aromatic rings. The second kappa shape index (κ2) is 32.1. The van der Waals surface area contributed by atoms with Crippen LogP contribution in [0.15, 0.2) is 86.5 Å². The lowest BCUT2D eigenvalue weighted by Crippen LogP contribution is -2.54. The minimum absolute atomic E-state index is 0.210. The van der Waals surface area contributed by atoms with Crippen molar-refractivity contribution in [1.82, 2.24) is 54.3 Å². The van der Waals surface area contributed by atoms with E-state index >= 15 is 0 Å². The number of nitrogens with zero attached hydrogens (tertiary/aromatic N) is 16. The molecule has 0 bridgehead atoms. The molecule has 9 fully saturated rings. The number of ether oxygens (including phenoxy) is 1. The van der Waals surface area contributed by atoms with Gasteiger partial charge in [-0.25, -0.2) is 18.0 Å². The molecule has 1 unspecified atom stereocenters. The zero-order chi connectivity index (χ0) is 69.1. The molecule has 0 radical (unpaired) electrons. The Bertz CT molecular complexity index is 3420. The van der Waals surface area contributed by atoms with Crippen LogP contribution in [0.3, 0.4) is 0 Å². The van der Waals surface area contributed by atoms with E-state index < -0.39 is 0 Å². The first-order chi connectivity index (χ1) is 46.5. The maximum Gasteiger partial charge on any atom is 0.410 e. The summed E-state index contributed by atoms with van der Waals surface area (Å²) in [4.78, 5) is 66.7. The average Bonchev–Trinajstić information content (AvgIpc) is 1.66. The third kappa shape index (κ3) is 17.5. The Morgan fingerprint density at radius 2 is 0.969 bits per heavy atom. The Balaban J connectivity index is 0.000000132. The number of aryl methyl sites for hydroxylation is 2. The minimum Gasteiger partial charge on any atom is -0.441 e. The topological polar surface area (TPSA) is 274 Å². The number of pyridine rings is 5. The number of nitrogen functional groups attached to an aromatic ring is 5. The predicted molar refractivity (Wildman–Crippen MR) is 381 cm³/mol. The zero-order valence-corrected chi connectivity index (χ0v) is 57.5. The first-order valence-corrected chi connectivity index (χ1v) is 34.3. The quantitative estimate of drug-likeness (QED) is 0.0981. The molecule has 0 aromatic carbocycles. The lowest BCUT2D eigenvalue weighted by atomic mass is 9.91. The van der Waals surface area contributed by atoms with Gasteiger partial charge in [-0.1, -0.05) is 13.2 Å². The van der Waals surface area contributed by atoms with Crippen molar-refractivity contribution >= 4 is 68.9 Å². The number of fused-ring (bicyclic) bond motifs is 1. The number of carbonyl (C=O) groups excluding carboxylic acids is 2. The number of likely N-dealkylation sites (tertiary alicyclic amines) is 1. The van der Waals surface area contributed by atoms with Crippen LogP contribution in [-0.2, 0) is 9.53 Å². The van der Waals surface area contributed by atoms with E-state index in [2.05, 4.69) is 84.3 Å². The molecule has 2 amide bonds. The Morgan fingerprint density at radius 1 is 0.495 bits per heavy atom. The average molecular weight is 1340 g/mol. The monoisotopic (exact) mass is 1340 g/mol. The summed E-state index contributed by atoms with van der Waals surface area (Å²) in [7, 11) is 5.95. The van der Waals surface area contributed by atoms with E-state index in [0.29, 0.717) is 83.0 Å². The van der Waals surface area contributed by atoms with Crippen LogP contribution in [0.25, 0.3) is 0 Å². The molecule has 1 atom stereocenters. The highest BCUT2D eigenvalue weighted by Gasteiger charge is 2.46. The van der Waals surface area contributed by atoms with E-state index in [0.717, 1.165) is 178 Å². The first kappa shape index (κ1) is 71.1. The molecule has 0 saturated carbocycles. The van der Waals surface area contributed by atoms with Crippen molar-refractivity contribution in [3.63, 3.8) is 0 Å². The summed E-state index contributed by atoms with van der Waals surface area (Å²) in [5.74, 6) is 0.601. The summed E-state index contributed by atoms with van der Waals surface area (Å²) in [6.45, 7) is 30.4. The smallest absolute Gasteiger partial charge is 0.410 e. The van der Waals surface area contributed by atoms with Gasteiger partial charge in [0.2, 0.25) is 5.91 Å². The van der Waals surface area contributed by atoms with Gasteiger partial charge in [-0.15, -0.1) is 0 Å². The third-order valence-electron chi connectivity index (χ3n) is 20.6. The SMILES string of the molecule is C=C1CCCN1CC1CCN(c2c(N)cncc2F)CC1.C=C1CN(c2c(N)cncc2F)CCN1C.CN1CCN(CC2CCN(c3c(N)cncc3F)CC2)CC1.Cc1cncc(N)c1N1CC(=O)N2CCCC2C1.Cc1cncc(N)c1N1CCC2(CC1)CN(C)C(=O)O2. The number of aromatic nitrogens is 5. The zero-order valence-electron chi connectivity index (χ0n) is 57.5. The number of hydrogen-bond donors (Lipinski definition) is 5. The molecule has 10 N–H and O–H groups in total. The summed E-state index contributed by atoms with van der Waals surface area (Å²) >= 11 is 0. The van der Waals surface area contributed by atoms with Gasteiger partial charge < -0.3 is 87.3 Å². The maximum absolute atomic E-state index is 13.9. The highest BCUT2D eigenvalue weighted by atomic mass is 19.1. The fourth-order valence-electron chi connectivity index (χ4n) is 15.1. The van der Waals surface area contributed by atoms with Gasteiger partial charge in [0.1, 0.15) is 5.60 Å². The highest BCUT2D eigenvalue weighted by molar-refractivity contribution is 5.86. The van der Waals surface area contributed by atoms with E-state index in [9.17, 15) is 22.8 Å². The van der Waals surface area contributed by atoms with Crippen LogP contribution in [0.4, 0.5) is 74.8 Å². The molecular weight excluding hydrogens is 1240 g/mol. The van der Waals surface area contributed by atoms with Crippen LogP contribution in [0.5, 0.6) is 0 Å². The summed E-state index contributed by atoms with van der Waals surface area (Å²) in [6, 6.07) is 0.359. The molecule has 526 valence electrons. The third-order valence-corrected chi connectivity index (χ3v) is 20.6. The maximum atomic E-state index is 13.9. The van der Waals surface area contributed by atoms with Crippen LogP contribution in [0, 0.1) is 43.1 Å². The normalized spacial score (nSPS) is 20.9. The van der Waals surface area contributed by atoms with Gasteiger partial charge in [-0.05, 0) is 95.2 Å². The molecule has 9 saturated heterocycles. The number of likely N-dealkylation sites (N-methyl/N-ethyl adjacent to an activating group) is 3. The van der Waals surface area contributed by atoms with Crippen LogP contribution in [0.2, 0.25) is 0 Å². The molecule has 14 rings (SSSR count). The number of piperidine rings is 3. The van der Waals surface area contributed by atoms with Crippen molar-refractivity contribution in [1.29, 1.82) is 0 Å². The first-order valence-electron chi connectivity index (χ1n) is 34.3. The second-order valence-corrected chi connectivity index (χ2v) is 27.6. The lowest BCUT2D eigenvalue weighted by molar-refractivity contribution is -0.131. The van der Waals surface area contributed by atoms with Gasteiger partial charge in [0, 0.05) is 168 Å². The van der Waals surface area contributed by atoms with Gasteiger partial charge in [0.25, 0.3) is 0 Å². The highest BCUT2D eigenvalue weighted by Crippen LogP contribution is 2.39. The number of amides is 2. The Hall–Kier alpha value is -8.72. The summed E-state index contributed by atoms with van der Waals surface area (Å²) in [6.07, 6.45) is 25.6. The molecular formula is C70H102F3N21O3. The van der Waals surface area contributed by atoms with Crippen molar-refractivity contribution in [2.75, 3.05) is 205 Å². The van der Waals surface area contributed by atoms with Crippen molar-refractivity contribution in [3.05, 3.63) is 115 Å². The number of piperazine rings is 3. The van der Waals surface area contributed by atoms with Gasteiger partial charge in [0.05, 0.1) is 126 Å². The summed E-state index contributed by atoms with van der Waals surface area (Å²) in [5, 5.41) is 0. The van der Waals surface area contributed by atoms with E-state index in [4.69, 9.17) is 33.4 Å². The molecule has 0 aliphatic carbocycles. The molecule has 9 aliphatic heterocycles. The number of hydrogen-bond acceptors (Lipinski definition) is 22. The van der Waals surface area contributed by atoms with Gasteiger partial charge in [-0.2, -0.15) is 0 Å². The predicted octanol–water partition coefficient (Wildman–Crippen LogP) is 7.14. The number of anilines is 10. The van der Waals surface area contributed by atoms with Crippen molar-refractivity contribution < 1.29 is 27.5 Å². The Labute approximate surface area is 570 Å². The summed E-state index contributed by atoms with van der Waals surface area (Å²) < 4.78 is 47.0. The second-order valence-electron chi connectivity index (χ2n) is 27.6. The fraction of sp³-hybridized carbons (Fsp3) is 0.557. The largest absolute Gasteiger partial charge is 0.441 e. The van der Waals surface area contributed by atoms with Gasteiger partial charge in [0.15, 0.2) is 17.5 Å². The minimum atomic E-state index is -0.377. The molecule has 9 aliphatic rings. The Kier molecular flexibility index (Phi) is 23.5. The number of nitrogens with two attached hydrogens (primary N) is 5. The molecule has 1 spiro atoms. The molecule has 24 nitrogen and oxygen atoms in total. The van der Waals surface area contributed by atoms with Crippen LogP contribution in [-0.4, -0.2) is 230 Å². The van der Waals surface area contributed by atoms with E-state index in [1.165, 1.54) is 68.9 Å². The van der Waals surface area contributed by atoms with Gasteiger partial charge in [-0.3, -0.25) is 29.7 Å². The number of halogens is 3. The van der Waals surface area contributed by atoms with Crippen molar-refractivity contribution in [3.8, 4) is 0 Å².